The minimum absolute atomic E-state index is 0.216. The van der Waals surface area contributed by atoms with Crippen molar-refractivity contribution >= 4 is 11.6 Å². The zero-order chi connectivity index (χ0) is 11.6. The lowest BCUT2D eigenvalue weighted by Gasteiger charge is -2.18. The van der Waals surface area contributed by atoms with Crippen molar-refractivity contribution in [3.05, 3.63) is 60.3 Å². The van der Waals surface area contributed by atoms with Crippen LogP contribution in [0, 0.1) is 0 Å². The third-order valence-corrected chi connectivity index (χ3v) is 2.32. The quantitative estimate of drug-likeness (QED) is 0.641. The van der Waals surface area contributed by atoms with Gasteiger partial charge in [-0.2, -0.15) is 0 Å². The zero-order valence-corrected chi connectivity index (χ0v) is 8.67. The summed E-state index contributed by atoms with van der Waals surface area (Å²) in [5.74, 6) is -0.473. The second-order valence-electron chi connectivity index (χ2n) is 3.07. The highest BCUT2D eigenvalue weighted by Crippen LogP contribution is 2.27. The van der Waals surface area contributed by atoms with E-state index in [1.165, 1.54) is 12.2 Å². The molecule has 0 fully saturated rings. The summed E-state index contributed by atoms with van der Waals surface area (Å²) in [7, 11) is 0. The van der Waals surface area contributed by atoms with Gasteiger partial charge < -0.3 is 0 Å². The molecule has 0 aromatic rings. The second kappa shape index (κ2) is 4.05. The monoisotopic (exact) mass is 200 g/mol. The molecule has 0 N–H and O–H groups in total. The molecule has 0 atom stereocenters. The fourth-order valence-corrected chi connectivity index (χ4v) is 1.52. The Morgan fingerprint density at radius 3 is 1.87 bits per heavy atom. The highest BCUT2D eigenvalue weighted by Gasteiger charge is 2.30. The van der Waals surface area contributed by atoms with Crippen LogP contribution in [0.1, 0.15) is 6.92 Å². The van der Waals surface area contributed by atoms with Gasteiger partial charge in [0.05, 0.1) is 0 Å². The molecule has 0 aliphatic heterocycles. The van der Waals surface area contributed by atoms with Crippen LogP contribution in [0.2, 0.25) is 0 Å². The van der Waals surface area contributed by atoms with Crippen LogP contribution < -0.4 is 0 Å². The fraction of sp³-hybridized carbons (Fsp3) is 0.0769. The third-order valence-electron chi connectivity index (χ3n) is 2.32. The molecule has 0 bridgehead atoms. The topological polar surface area (TPSA) is 34.1 Å². The molecule has 76 valence electrons. The zero-order valence-electron chi connectivity index (χ0n) is 8.67. The van der Waals surface area contributed by atoms with Gasteiger partial charge in [0.15, 0.2) is 11.6 Å². The number of hydrogen-bond donors (Lipinski definition) is 0. The van der Waals surface area contributed by atoms with Gasteiger partial charge in [0.2, 0.25) is 0 Å². The van der Waals surface area contributed by atoms with Crippen LogP contribution in [0.15, 0.2) is 60.3 Å². The minimum Gasteiger partial charge on any atom is -0.289 e. The number of allylic oxidation sites excluding steroid dienone is 7. The number of carbonyl (C=O) groups is 2. The number of hydrogen-bond acceptors (Lipinski definition) is 2. The molecule has 0 spiro atoms. The molecule has 0 saturated heterocycles. The van der Waals surface area contributed by atoms with Crippen molar-refractivity contribution < 1.29 is 9.59 Å². The summed E-state index contributed by atoms with van der Waals surface area (Å²) in [6, 6.07) is 0. The summed E-state index contributed by atoms with van der Waals surface area (Å²) >= 11 is 0. The normalized spacial score (nSPS) is 19.8. The van der Waals surface area contributed by atoms with Crippen molar-refractivity contribution in [3.8, 4) is 0 Å². The molecule has 0 amide bonds. The number of ketones is 2. The van der Waals surface area contributed by atoms with E-state index >= 15 is 0 Å². The third kappa shape index (κ3) is 1.54. The van der Waals surface area contributed by atoms with Crippen LogP contribution in [0.25, 0.3) is 0 Å². The molecule has 1 aliphatic carbocycles. The number of carbonyl (C=O) groups excluding carboxylic acids is 2. The molecule has 0 radical (unpaired) electrons. The SMILES string of the molecule is C=CC1=C(C=C)C(=O)/C(=C/C)C(=C)C1=O. The number of Topliss-reactive ketones (excluding diaryl/α,β-unsaturated/α-hetero) is 2. The maximum atomic E-state index is 11.9. The van der Waals surface area contributed by atoms with E-state index in [0.717, 1.165) is 0 Å². The maximum Gasteiger partial charge on any atom is 0.194 e. The van der Waals surface area contributed by atoms with Gasteiger partial charge in [-0.05, 0) is 6.92 Å². The Labute approximate surface area is 89.0 Å². The Hall–Kier alpha value is -1.96. The first-order valence-corrected chi connectivity index (χ1v) is 4.52. The average molecular weight is 200 g/mol. The predicted molar refractivity (Wildman–Crippen MR) is 60.3 cm³/mol. The Morgan fingerprint density at radius 1 is 1.00 bits per heavy atom. The molecule has 0 aromatic carbocycles. The Kier molecular flexibility index (Phi) is 3.00. The molecular formula is C13H12O2. The summed E-state index contributed by atoms with van der Waals surface area (Å²) in [6.07, 6.45) is 4.34. The number of rotatable bonds is 2. The Bertz CT molecular complexity index is 445. The van der Waals surface area contributed by atoms with Gasteiger partial charge in [-0.1, -0.05) is 38.0 Å². The fourth-order valence-electron chi connectivity index (χ4n) is 1.52. The Morgan fingerprint density at radius 2 is 1.47 bits per heavy atom. The van der Waals surface area contributed by atoms with Crippen molar-refractivity contribution in [3.63, 3.8) is 0 Å². The molecule has 0 heterocycles. The van der Waals surface area contributed by atoms with Crippen molar-refractivity contribution in [2.75, 3.05) is 0 Å². The molecule has 0 saturated carbocycles. The van der Waals surface area contributed by atoms with Gasteiger partial charge >= 0.3 is 0 Å². The lowest BCUT2D eigenvalue weighted by atomic mass is 9.82. The van der Waals surface area contributed by atoms with E-state index < -0.39 is 0 Å². The highest BCUT2D eigenvalue weighted by atomic mass is 16.1. The summed E-state index contributed by atoms with van der Waals surface area (Å²) < 4.78 is 0. The van der Waals surface area contributed by atoms with Crippen LogP contribution in [0.4, 0.5) is 0 Å². The van der Waals surface area contributed by atoms with Gasteiger partial charge in [-0.3, -0.25) is 9.59 Å². The summed E-state index contributed by atoms with van der Waals surface area (Å²) in [6.45, 7) is 12.3. The summed E-state index contributed by atoms with van der Waals surface area (Å²) in [4.78, 5) is 23.6. The van der Waals surface area contributed by atoms with Gasteiger partial charge in [0, 0.05) is 22.3 Å². The molecular weight excluding hydrogens is 188 g/mol. The molecule has 2 heteroatoms. The van der Waals surface area contributed by atoms with Gasteiger partial charge in [-0.15, -0.1) is 0 Å². The lowest BCUT2D eigenvalue weighted by Crippen LogP contribution is -2.22. The molecule has 2 nitrogen and oxygen atoms in total. The van der Waals surface area contributed by atoms with Gasteiger partial charge in [0.1, 0.15) is 0 Å². The standard InChI is InChI=1S/C13H12O2/c1-5-9-8(4)12(14)10(6-2)11(7-3)13(9)15/h5-7H,2-4H2,1H3/b9-5+. The van der Waals surface area contributed by atoms with Crippen molar-refractivity contribution in [2.45, 2.75) is 6.92 Å². The largest absolute Gasteiger partial charge is 0.289 e. The van der Waals surface area contributed by atoms with E-state index in [1.54, 1.807) is 13.0 Å². The first kappa shape index (κ1) is 11.1. The molecule has 1 aliphatic rings. The van der Waals surface area contributed by atoms with Crippen LogP contribution in [-0.4, -0.2) is 11.6 Å². The first-order valence-electron chi connectivity index (χ1n) is 4.52. The molecule has 15 heavy (non-hydrogen) atoms. The van der Waals surface area contributed by atoms with Gasteiger partial charge in [-0.25, -0.2) is 0 Å². The van der Waals surface area contributed by atoms with Crippen molar-refractivity contribution in [2.24, 2.45) is 0 Å². The van der Waals surface area contributed by atoms with Crippen LogP contribution in [0.5, 0.6) is 0 Å². The van der Waals surface area contributed by atoms with Crippen LogP contribution in [-0.2, 0) is 9.59 Å². The predicted octanol–water partition coefficient (Wildman–Crippen LogP) is 2.31. The van der Waals surface area contributed by atoms with E-state index in [-0.39, 0.29) is 22.7 Å². The van der Waals surface area contributed by atoms with Crippen LogP contribution >= 0.6 is 0 Å². The molecule has 0 unspecified atom stereocenters. The van der Waals surface area contributed by atoms with E-state index in [2.05, 4.69) is 19.7 Å². The van der Waals surface area contributed by atoms with Crippen molar-refractivity contribution in [1.82, 2.24) is 0 Å². The second-order valence-corrected chi connectivity index (χ2v) is 3.07. The maximum absolute atomic E-state index is 11.9. The summed E-state index contributed by atoms with van der Waals surface area (Å²) in [5, 5.41) is 0. The minimum atomic E-state index is -0.257. The van der Waals surface area contributed by atoms with E-state index in [9.17, 15) is 9.59 Å². The highest BCUT2D eigenvalue weighted by molar-refractivity contribution is 6.31. The van der Waals surface area contributed by atoms with Crippen molar-refractivity contribution in [1.29, 1.82) is 0 Å². The average Bonchev–Trinajstić information content (AvgIpc) is 2.23. The Balaban J connectivity index is 3.55. The summed E-state index contributed by atoms with van der Waals surface area (Å²) in [5.41, 5.74) is 1.16. The lowest BCUT2D eigenvalue weighted by molar-refractivity contribution is -0.116. The van der Waals surface area contributed by atoms with E-state index in [1.807, 2.05) is 0 Å². The molecule has 1 rings (SSSR count). The first-order chi connectivity index (χ1) is 7.08. The van der Waals surface area contributed by atoms with E-state index in [4.69, 9.17) is 0 Å². The van der Waals surface area contributed by atoms with E-state index in [0.29, 0.717) is 11.1 Å². The smallest absolute Gasteiger partial charge is 0.194 e. The van der Waals surface area contributed by atoms with Crippen LogP contribution in [0.3, 0.4) is 0 Å². The molecule has 0 aromatic heterocycles. The van der Waals surface area contributed by atoms with Gasteiger partial charge in [0.25, 0.3) is 0 Å².